The molecule has 0 fully saturated rings. The molecule has 0 atom stereocenters. The van der Waals surface area contributed by atoms with Gasteiger partial charge in [-0.2, -0.15) is 0 Å². The summed E-state index contributed by atoms with van der Waals surface area (Å²) in [5.41, 5.74) is 1.45. The molecule has 2 aromatic heterocycles. The number of oxazole rings is 1. The normalized spacial score (nSPS) is 10.5. The van der Waals surface area contributed by atoms with Gasteiger partial charge in [0.05, 0.1) is 12.2 Å². The molecule has 0 aliphatic carbocycles. The van der Waals surface area contributed by atoms with E-state index in [1.165, 1.54) is 6.92 Å². The van der Waals surface area contributed by atoms with Crippen molar-refractivity contribution in [2.75, 3.05) is 11.9 Å². The number of anilines is 1. The zero-order valence-electron chi connectivity index (χ0n) is 15.5. The van der Waals surface area contributed by atoms with E-state index in [1.807, 2.05) is 38.1 Å². The Bertz CT molecular complexity index is 936. The molecule has 0 aliphatic rings. The van der Waals surface area contributed by atoms with Crippen molar-refractivity contribution in [1.82, 2.24) is 9.97 Å². The van der Waals surface area contributed by atoms with Crippen molar-refractivity contribution in [2.24, 2.45) is 0 Å². The molecule has 1 aromatic carbocycles. The van der Waals surface area contributed by atoms with Gasteiger partial charge in [-0.3, -0.25) is 4.79 Å². The second-order valence-corrected chi connectivity index (χ2v) is 5.77. The first-order valence-corrected chi connectivity index (χ1v) is 8.62. The van der Waals surface area contributed by atoms with Crippen LogP contribution < -0.4 is 14.8 Å². The quantitative estimate of drug-likeness (QED) is 0.680. The van der Waals surface area contributed by atoms with Crippen molar-refractivity contribution < 1.29 is 18.7 Å². The molecular formula is C20H21N3O4. The Hall–Kier alpha value is -3.35. The first kappa shape index (κ1) is 18.4. The number of nitrogens with one attached hydrogen (secondary N) is 1. The summed E-state index contributed by atoms with van der Waals surface area (Å²) in [6.45, 7) is 5.92. The van der Waals surface area contributed by atoms with Crippen molar-refractivity contribution >= 4 is 11.7 Å². The van der Waals surface area contributed by atoms with E-state index in [-0.39, 0.29) is 12.5 Å². The number of amides is 1. The largest absolute Gasteiger partial charge is 0.493 e. The third-order valence-corrected chi connectivity index (χ3v) is 3.74. The van der Waals surface area contributed by atoms with Gasteiger partial charge in [-0.1, -0.05) is 12.1 Å². The summed E-state index contributed by atoms with van der Waals surface area (Å²) >= 11 is 0. The lowest BCUT2D eigenvalue weighted by Crippen LogP contribution is -2.09. The molecule has 27 heavy (non-hydrogen) atoms. The predicted molar refractivity (Wildman–Crippen MR) is 101 cm³/mol. The highest BCUT2D eigenvalue weighted by Gasteiger charge is 2.16. The number of aryl methyl sites for hydroxylation is 1. The van der Waals surface area contributed by atoms with E-state index in [1.54, 1.807) is 18.3 Å². The van der Waals surface area contributed by atoms with E-state index in [0.717, 1.165) is 5.56 Å². The molecule has 0 bridgehead atoms. The third-order valence-electron chi connectivity index (χ3n) is 3.74. The number of benzene rings is 1. The Kier molecular flexibility index (Phi) is 5.71. The monoisotopic (exact) mass is 367 g/mol. The van der Waals surface area contributed by atoms with Crippen LogP contribution in [0.1, 0.15) is 25.3 Å². The van der Waals surface area contributed by atoms with E-state index >= 15 is 0 Å². The number of pyridine rings is 1. The van der Waals surface area contributed by atoms with Gasteiger partial charge in [-0.25, -0.2) is 9.97 Å². The average molecular weight is 367 g/mol. The molecule has 0 saturated heterocycles. The standard InChI is InChI=1S/C20H21N3O4/c1-4-25-17-9-6-5-8-15(17)20-23-16(13(2)27-20)12-26-18-10-7-11-21-19(18)22-14(3)24/h5-11H,4,12H2,1-3H3,(H,21,22,24). The van der Waals surface area contributed by atoms with Gasteiger partial charge in [0.25, 0.3) is 0 Å². The summed E-state index contributed by atoms with van der Waals surface area (Å²) in [7, 11) is 0. The maximum atomic E-state index is 11.3. The Balaban J connectivity index is 1.80. The Morgan fingerprint density at radius 3 is 2.70 bits per heavy atom. The van der Waals surface area contributed by atoms with Gasteiger partial charge in [0.15, 0.2) is 11.6 Å². The van der Waals surface area contributed by atoms with E-state index in [0.29, 0.717) is 41.3 Å². The molecule has 0 radical (unpaired) electrons. The third kappa shape index (κ3) is 4.44. The van der Waals surface area contributed by atoms with Crippen molar-refractivity contribution in [3.63, 3.8) is 0 Å². The minimum Gasteiger partial charge on any atom is -0.493 e. The van der Waals surface area contributed by atoms with E-state index in [9.17, 15) is 4.79 Å². The van der Waals surface area contributed by atoms with Crippen LogP contribution in [0.5, 0.6) is 11.5 Å². The fourth-order valence-electron chi connectivity index (χ4n) is 2.52. The Morgan fingerprint density at radius 1 is 1.15 bits per heavy atom. The van der Waals surface area contributed by atoms with Crippen LogP contribution in [0.3, 0.4) is 0 Å². The van der Waals surface area contributed by atoms with Gasteiger partial charge in [0, 0.05) is 13.1 Å². The van der Waals surface area contributed by atoms with Gasteiger partial charge in [0.1, 0.15) is 23.8 Å². The minimum atomic E-state index is -0.217. The molecule has 140 valence electrons. The molecule has 3 rings (SSSR count). The molecule has 3 aromatic rings. The van der Waals surface area contributed by atoms with Gasteiger partial charge in [-0.15, -0.1) is 0 Å². The molecular weight excluding hydrogens is 346 g/mol. The molecule has 0 spiro atoms. The van der Waals surface area contributed by atoms with Gasteiger partial charge in [-0.05, 0) is 38.1 Å². The minimum absolute atomic E-state index is 0.185. The number of carbonyl (C=O) groups is 1. The lowest BCUT2D eigenvalue weighted by atomic mass is 10.2. The summed E-state index contributed by atoms with van der Waals surface area (Å²) in [5, 5.41) is 2.64. The van der Waals surface area contributed by atoms with Crippen molar-refractivity contribution in [3.05, 3.63) is 54.0 Å². The molecule has 7 heteroatoms. The number of hydrogen-bond acceptors (Lipinski definition) is 6. The molecule has 0 aliphatic heterocycles. The highest BCUT2D eigenvalue weighted by Crippen LogP contribution is 2.31. The number of ether oxygens (including phenoxy) is 2. The van der Waals surface area contributed by atoms with E-state index in [4.69, 9.17) is 13.9 Å². The van der Waals surface area contributed by atoms with Gasteiger partial charge < -0.3 is 19.2 Å². The molecule has 0 unspecified atom stereocenters. The van der Waals surface area contributed by atoms with Crippen molar-refractivity contribution in [3.8, 4) is 23.0 Å². The summed E-state index contributed by atoms with van der Waals surface area (Å²) in [6, 6.07) is 11.1. The number of carbonyl (C=O) groups excluding carboxylic acids is 1. The van der Waals surface area contributed by atoms with Gasteiger partial charge >= 0.3 is 0 Å². The Morgan fingerprint density at radius 2 is 1.93 bits per heavy atom. The van der Waals surface area contributed by atoms with Crippen LogP contribution in [0.4, 0.5) is 5.82 Å². The first-order valence-electron chi connectivity index (χ1n) is 8.62. The van der Waals surface area contributed by atoms with E-state index < -0.39 is 0 Å². The molecule has 1 amide bonds. The summed E-state index contributed by atoms with van der Waals surface area (Å²) < 4.78 is 17.3. The summed E-state index contributed by atoms with van der Waals surface area (Å²) in [6.07, 6.45) is 1.59. The summed E-state index contributed by atoms with van der Waals surface area (Å²) in [5.74, 6) is 2.46. The highest BCUT2D eigenvalue weighted by atomic mass is 16.5. The Labute approximate surface area is 157 Å². The second kappa shape index (κ2) is 8.35. The maximum Gasteiger partial charge on any atom is 0.230 e. The average Bonchev–Trinajstić information content (AvgIpc) is 3.02. The summed E-state index contributed by atoms with van der Waals surface area (Å²) in [4.78, 5) is 20.0. The van der Waals surface area contributed by atoms with Crippen molar-refractivity contribution in [2.45, 2.75) is 27.4 Å². The second-order valence-electron chi connectivity index (χ2n) is 5.77. The van der Waals surface area contributed by atoms with Crippen LogP contribution in [0.25, 0.3) is 11.5 Å². The highest BCUT2D eigenvalue weighted by molar-refractivity contribution is 5.89. The van der Waals surface area contributed by atoms with Gasteiger partial charge in [0.2, 0.25) is 11.8 Å². The fourth-order valence-corrected chi connectivity index (χ4v) is 2.52. The number of aromatic nitrogens is 2. The molecule has 0 saturated carbocycles. The number of nitrogens with zero attached hydrogens (tertiary/aromatic N) is 2. The van der Waals surface area contributed by atoms with Crippen LogP contribution in [0, 0.1) is 6.92 Å². The number of rotatable bonds is 7. The molecule has 2 heterocycles. The molecule has 1 N–H and O–H groups in total. The SMILES string of the molecule is CCOc1ccccc1-c1nc(COc2cccnc2NC(C)=O)c(C)o1. The zero-order valence-corrected chi connectivity index (χ0v) is 15.5. The van der Waals surface area contributed by atoms with Crippen LogP contribution in [-0.4, -0.2) is 22.5 Å². The van der Waals surface area contributed by atoms with Crippen LogP contribution in [0.15, 0.2) is 47.0 Å². The number of hydrogen-bond donors (Lipinski definition) is 1. The van der Waals surface area contributed by atoms with Crippen molar-refractivity contribution in [1.29, 1.82) is 0 Å². The first-order chi connectivity index (χ1) is 13.1. The van der Waals surface area contributed by atoms with Crippen LogP contribution in [0.2, 0.25) is 0 Å². The van der Waals surface area contributed by atoms with Crippen LogP contribution >= 0.6 is 0 Å². The van der Waals surface area contributed by atoms with Crippen LogP contribution in [-0.2, 0) is 11.4 Å². The molecule has 7 nitrogen and oxygen atoms in total. The maximum absolute atomic E-state index is 11.3. The lowest BCUT2D eigenvalue weighted by Gasteiger charge is -2.09. The fraction of sp³-hybridized carbons (Fsp3) is 0.250. The topological polar surface area (TPSA) is 86.5 Å². The lowest BCUT2D eigenvalue weighted by molar-refractivity contribution is -0.114. The zero-order chi connectivity index (χ0) is 19.2. The van der Waals surface area contributed by atoms with E-state index in [2.05, 4.69) is 15.3 Å². The smallest absolute Gasteiger partial charge is 0.230 e. The predicted octanol–water partition coefficient (Wildman–Crippen LogP) is 3.98. The number of para-hydroxylation sites is 1.